The molecule has 1 amide bonds. The van der Waals surface area contributed by atoms with Gasteiger partial charge in [0.25, 0.3) is 5.56 Å². The Morgan fingerprint density at radius 2 is 2.29 bits per heavy atom. The standard InChI is InChI=1S/C17H19N5O2/c1-3-12-7-18-8-15(20-12)11-5-14(17(24)19-6-11)21-13-9-22(10-13)16(23)4-2/h4-8,13,21H,2-3,9-10H2,1H3,(H,19,24). The quantitative estimate of drug-likeness (QED) is 0.806. The third-order valence-electron chi connectivity index (χ3n) is 3.97. The molecule has 2 aromatic heterocycles. The number of rotatable bonds is 5. The van der Waals surface area contributed by atoms with Gasteiger partial charge in [-0.05, 0) is 18.6 Å². The molecule has 0 bridgehead atoms. The highest BCUT2D eigenvalue weighted by Crippen LogP contribution is 2.19. The van der Waals surface area contributed by atoms with Gasteiger partial charge in [0.2, 0.25) is 5.91 Å². The van der Waals surface area contributed by atoms with E-state index < -0.39 is 0 Å². The Labute approximate surface area is 139 Å². The predicted octanol–water partition coefficient (Wildman–Crippen LogP) is 1.20. The molecule has 3 rings (SSSR count). The first-order valence-corrected chi connectivity index (χ1v) is 7.82. The van der Waals surface area contributed by atoms with Crippen molar-refractivity contribution in [2.45, 2.75) is 19.4 Å². The van der Waals surface area contributed by atoms with E-state index in [9.17, 15) is 9.59 Å². The summed E-state index contributed by atoms with van der Waals surface area (Å²) in [6, 6.07) is 1.82. The maximum absolute atomic E-state index is 12.0. The normalized spacial score (nSPS) is 14.1. The zero-order valence-corrected chi connectivity index (χ0v) is 13.5. The van der Waals surface area contributed by atoms with Crippen molar-refractivity contribution >= 4 is 11.6 Å². The zero-order chi connectivity index (χ0) is 17.1. The number of likely N-dealkylation sites (tertiary alicyclic amines) is 1. The molecule has 0 unspecified atom stereocenters. The molecule has 7 nitrogen and oxygen atoms in total. The Morgan fingerprint density at radius 3 is 3.00 bits per heavy atom. The highest BCUT2D eigenvalue weighted by Gasteiger charge is 2.29. The number of nitrogens with one attached hydrogen (secondary N) is 2. The van der Waals surface area contributed by atoms with Crippen molar-refractivity contribution in [3.8, 4) is 11.3 Å². The van der Waals surface area contributed by atoms with Crippen LogP contribution in [-0.2, 0) is 11.2 Å². The van der Waals surface area contributed by atoms with Gasteiger partial charge >= 0.3 is 0 Å². The lowest BCUT2D eigenvalue weighted by Gasteiger charge is -2.39. The maximum Gasteiger partial charge on any atom is 0.271 e. The average Bonchev–Trinajstić information content (AvgIpc) is 2.58. The summed E-state index contributed by atoms with van der Waals surface area (Å²) in [4.78, 5) is 36.6. The van der Waals surface area contributed by atoms with Gasteiger partial charge in [-0.3, -0.25) is 14.6 Å². The van der Waals surface area contributed by atoms with Gasteiger partial charge < -0.3 is 15.2 Å². The van der Waals surface area contributed by atoms with Crippen molar-refractivity contribution in [3.05, 3.63) is 53.4 Å². The molecule has 1 aliphatic rings. The second kappa shape index (κ2) is 6.66. The summed E-state index contributed by atoms with van der Waals surface area (Å²) in [5.41, 5.74) is 2.66. The van der Waals surface area contributed by atoms with Crippen molar-refractivity contribution in [1.29, 1.82) is 0 Å². The number of pyridine rings is 1. The highest BCUT2D eigenvalue weighted by molar-refractivity contribution is 5.87. The number of amides is 1. The van der Waals surface area contributed by atoms with Crippen LogP contribution in [0.3, 0.4) is 0 Å². The van der Waals surface area contributed by atoms with Crippen LogP contribution in [-0.4, -0.2) is 44.9 Å². The number of hydrogen-bond acceptors (Lipinski definition) is 5. The molecule has 3 heterocycles. The molecule has 1 aliphatic heterocycles. The summed E-state index contributed by atoms with van der Waals surface area (Å²) in [7, 11) is 0. The van der Waals surface area contributed by atoms with Gasteiger partial charge in [-0.25, -0.2) is 4.98 Å². The van der Waals surface area contributed by atoms with E-state index in [1.807, 2.05) is 6.92 Å². The fraction of sp³-hybridized carbons (Fsp3) is 0.294. The lowest BCUT2D eigenvalue weighted by Crippen LogP contribution is -2.56. The second-order valence-corrected chi connectivity index (χ2v) is 5.67. The van der Waals surface area contributed by atoms with E-state index in [1.54, 1.807) is 29.6 Å². The van der Waals surface area contributed by atoms with Crippen LogP contribution >= 0.6 is 0 Å². The average molecular weight is 325 g/mol. The minimum atomic E-state index is -0.202. The van der Waals surface area contributed by atoms with Crippen LogP contribution in [0.2, 0.25) is 0 Å². The SMILES string of the molecule is C=CC(=O)N1CC(Nc2cc(-c3cncc(CC)n3)c[nH]c2=O)C1. The third kappa shape index (κ3) is 3.19. The minimum Gasteiger partial charge on any atom is -0.374 e. The van der Waals surface area contributed by atoms with E-state index in [-0.39, 0.29) is 17.5 Å². The number of aromatic nitrogens is 3. The largest absolute Gasteiger partial charge is 0.374 e. The lowest BCUT2D eigenvalue weighted by molar-refractivity contribution is -0.129. The Morgan fingerprint density at radius 1 is 1.50 bits per heavy atom. The summed E-state index contributed by atoms with van der Waals surface area (Å²) >= 11 is 0. The first-order valence-electron chi connectivity index (χ1n) is 7.82. The van der Waals surface area contributed by atoms with Gasteiger partial charge in [0, 0.05) is 31.0 Å². The lowest BCUT2D eigenvalue weighted by atomic mass is 10.1. The fourth-order valence-corrected chi connectivity index (χ4v) is 2.55. The molecule has 7 heteroatoms. The van der Waals surface area contributed by atoms with Crippen molar-refractivity contribution in [2.75, 3.05) is 18.4 Å². The number of aromatic amines is 1. The molecule has 24 heavy (non-hydrogen) atoms. The zero-order valence-electron chi connectivity index (χ0n) is 13.5. The van der Waals surface area contributed by atoms with Crippen molar-refractivity contribution in [3.63, 3.8) is 0 Å². The van der Waals surface area contributed by atoms with Crippen molar-refractivity contribution < 1.29 is 4.79 Å². The Bertz CT molecular complexity index is 824. The molecule has 0 spiro atoms. The summed E-state index contributed by atoms with van der Waals surface area (Å²) in [6.45, 7) is 6.59. The van der Waals surface area contributed by atoms with Gasteiger partial charge in [-0.1, -0.05) is 13.5 Å². The predicted molar refractivity (Wildman–Crippen MR) is 91.7 cm³/mol. The molecule has 1 saturated heterocycles. The van der Waals surface area contributed by atoms with Crippen LogP contribution in [0.15, 0.2) is 42.1 Å². The topological polar surface area (TPSA) is 91.0 Å². The minimum absolute atomic E-state index is 0.0540. The number of carbonyl (C=O) groups excluding carboxylic acids is 1. The summed E-state index contributed by atoms with van der Waals surface area (Å²) in [5, 5.41) is 3.17. The van der Waals surface area contributed by atoms with E-state index in [1.165, 1.54) is 6.08 Å². The molecular formula is C17H19N5O2. The fourth-order valence-electron chi connectivity index (χ4n) is 2.55. The Balaban J connectivity index is 1.76. The van der Waals surface area contributed by atoms with Crippen LogP contribution in [0, 0.1) is 0 Å². The number of H-pyrrole nitrogens is 1. The molecule has 1 fully saturated rings. The highest BCUT2D eigenvalue weighted by atomic mass is 16.2. The summed E-state index contributed by atoms with van der Waals surface area (Å²) < 4.78 is 0. The second-order valence-electron chi connectivity index (χ2n) is 5.67. The Hall–Kier alpha value is -2.96. The van der Waals surface area contributed by atoms with Crippen LogP contribution in [0.5, 0.6) is 0 Å². The van der Waals surface area contributed by atoms with Crippen LogP contribution in [0.1, 0.15) is 12.6 Å². The van der Waals surface area contributed by atoms with E-state index in [0.29, 0.717) is 24.5 Å². The molecule has 124 valence electrons. The maximum atomic E-state index is 12.0. The van der Waals surface area contributed by atoms with Crippen molar-refractivity contribution in [1.82, 2.24) is 19.9 Å². The molecule has 0 aliphatic carbocycles. The molecule has 2 aromatic rings. The van der Waals surface area contributed by atoms with E-state index >= 15 is 0 Å². The molecule has 0 saturated carbocycles. The molecule has 0 atom stereocenters. The number of aryl methyl sites for hydroxylation is 1. The van der Waals surface area contributed by atoms with Crippen LogP contribution < -0.4 is 10.9 Å². The Kier molecular flexibility index (Phi) is 4.41. The third-order valence-corrected chi connectivity index (χ3v) is 3.97. The van der Waals surface area contributed by atoms with E-state index in [2.05, 4.69) is 26.8 Å². The van der Waals surface area contributed by atoms with Crippen LogP contribution in [0.25, 0.3) is 11.3 Å². The number of carbonyl (C=O) groups is 1. The molecule has 2 N–H and O–H groups in total. The van der Waals surface area contributed by atoms with Gasteiger partial charge in [0.05, 0.1) is 23.6 Å². The first-order chi connectivity index (χ1) is 11.6. The van der Waals surface area contributed by atoms with E-state index in [4.69, 9.17) is 0 Å². The van der Waals surface area contributed by atoms with Crippen molar-refractivity contribution in [2.24, 2.45) is 0 Å². The number of hydrogen-bond donors (Lipinski definition) is 2. The summed E-state index contributed by atoms with van der Waals surface area (Å²) in [6.07, 6.45) is 7.12. The number of anilines is 1. The smallest absolute Gasteiger partial charge is 0.271 e. The molecular weight excluding hydrogens is 306 g/mol. The summed E-state index contributed by atoms with van der Waals surface area (Å²) in [5.74, 6) is -0.0950. The molecule has 0 aromatic carbocycles. The van der Waals surface area contributed by atoms with Gasteiger partial charge in [-0.15, -0.1) is 0 Å². The molecule has 0 radical (unpaired) electrons. The number of nitrogens with zero attached hydrogens (tertiary/aromatic N) is 3. The van der Waals surface area contributed by atoms with E-state index in [0.717, 1.165) is 17.7 Å². The van der Waals surface area contributed by atoms with Gasteiger partial charge in [0.1, 0.15) is 5.69 Å². The van der Waals surface area contributed by atoms with Crippen LogP contribution in [0.4, 0.5) is 5.69 Å². The first kappa shape index (κ1) is 15.9. The monoisotopic (exact) mass is 325 g/mol. The van der Waals surface area contributed by atoms with Gasteiger partial charge in [-0.2, -0.15) is 0 Å². The van der Waals surface area contributed by atoms with Gasteiger partial charge in [0.15, 0.2) is 0 Å².